The Morgan fingerprint density at radius 2 is 0.893 bits per heavy atom. The van der Waals surface area contributed by atoms with E-state index in [4.69, 9.17) is 30.4 Å². The molecule has 2 aromatic carbocycles. The van der Waals surface area contributed by atoms with Crippen LogP contribution in [0.1, 0.15) is 20.7 Å². The summed E-state index contributed by atoms with van der Waals surface area (Å²) in [5, 5.41) is 0. The van der Waals surface area contributed by atoms with E-state index in [9.17, 15) is 9.59 Å². The predicted molar refractivity (Wildman–Crippen MR) is 104 cm³/mol. The molecule has 0 bridgehead atoms. The molecule has 2 rings (SSSR count). The summed E-state index contributed by atoms with van der Waals surface area (Å²) in [6.45, 7) is 1.48. The van der Waals surface area contributed by atoms with Gasteiger partial charge in [0, 0.05) is 11.4 Å². The number of esters is 2. The van der Waals surface area contributed by atoms with E-state index in [0.717, 1.165) is 0 Å². The molecule has 0 aliphatic rings. The quantitative estimate of drug-likeness (QED) is 0.340. The van der Waals surface area contributed by atoms with Gasteiger partial charge in [0.25, 0.3) is 0 Å². The molecule has 0 atom stereocenters. The molecule has 8 heteroatoms. The molecule has 2 aromatic rings. The Morgan fingerprint density at radius 1 is 0.571 bits per heavy atom. The summed E-state index contributed by atoms with van der Waals surface area (Å²) < 4.78 is 20.8. The number of rotatable bonds is 11. The molecule has 28 heavy (non-hydrogen) atoms. The number of nitrogen functional groups attached to an aromatic ring is 2. The minimum absolute atomic E-state index is 0.141. The second kappa shape index (κ2) is 11.6. The van der Waals surface area contributed by atoms with Crippen LogP contribution in [0.25, 0.3) is 0 Å². The van der Waals surface area contributed by atoms with Crippen LogP contribution in [0.5, 0.6) is 0 Å². The van der Waals surface area contributed by atoms with Crippen molar-refractivity contribution >= 4 is 23.3 Å². The van der Waals surface area contributed by atoms with Crippen molar-refractivity contribution in [1.29, 1.82) is 0 Å². The third kappa shape index (κ3) is 7.65. The number of nitrogens with two attached hydrogens (primary N) is 2. The zero-order valence-corrected chi connectivity index (χ0v) is 15.5. The molecule has 0 unspecified atom stereocenters. The molecule has 0 saturated heterocycles. The van der Waals surface area contributed by atoms with Crippen LogP contribution in [0, 0.1) is 0 Å². The number of carbonyl (C=O) groups excluding carboxylic acids is 2. The highest BCUT2D eigenvalue weighted by Gasteiger charge is 2.07. The summed E-state index contributed by atoms with van der Waals surface area (Å²) in [5.41, 5.74) is 13.2. The number of benzene rings is 2. The molecule has 150 valence electrons. The van der Waals surface area contributed by atoms with Crippen LogP contribution in [0.15, 0.2) is 48.5 Å². The molecule has 0 saturated carbocycles. The fraction of sp³-hybridized carbons (Fsp3) is 0.300. The van der Waals surface area contributed by atoms with E-state index in [-0.39, 0.29) is 26.4 Å². The van der Waals surface area contributed by atoms with Crippen molar-refractivity contribution in [2.24, 2.45) is 0 Å². The van der Waals surface area contributed by atoms with Gasteiger partial charge in [-0.25, -0.2) is 9.59 Å². The van der Waals surface area contributed by atoms with Gasteiger partial charge in [-0.15, -0.1) is 0 Å². The van der Waals surface area contributed by atoms with Crippen LogP contribution < -0.4 is 11.5 Å². The number of hydrogen-bond acceptors (Lipinski definition) is 8. The lowest BCUT2D eigenvalue weighted by atomic mass is 10.2. The summed E-state index contributed by atoms with van der Waals surface area (Å²) >= 11 is 0. The Hall–Kier alpha value is -3.10. The minimum atomic E-state index is -0.428. The van der Waals surface area contributed by atoms with E-state index in [1.807, 2.05) is 0 Å². The highest BCUT2D eigenvalue weighted by Crippen LogP contribution is 2.07. The maximum absolute atomic E-state index is 11.7. The fourth-order valence-corrected chi connectivity index (χ4v) is 2.11. The van der Waals surface area contributed by atoms with E-state index >= 15 is 0 Å². The summed E-state index contributed by atoms with van der Waals surface area (Å²) in [4.78, 5) is 23.5. The number of ether oxygens (including phenoxy) is 4. The molecule has 4 N–H and O–H groups in total. The largest absolute Gasteiger partial charge is 0.460 e. The Labute approximate surface area is 163 Å². The third-order valence-corrected chi connectivity index (χ3v) is 3.59. The smallest absolute Gasteiger partial charge is 0.338 e. The van der Waals surface area contributed by atoms with Gasteiger partial charge in [0.1, 0.15) is 13.2 Å². The van der Waals surface area contributed by atoms with Crippen molar-refractivity contribution in [3.63, 3.8) is 0 Å². The first-order chi connectivity index (χ1) is 13.6. The van der Waals surface area contributed by atoms with Crippen molar-refractivity contribution in [2.45, 2.75) is 0 Å². The van der Waals surface area contributed by atoms with Crippen LogP contribution in [-0.4, -0.2) is 51.6 Å². The second-order valence-electron chi connectivity index (χ2n) is 5.74. The number of hydrogen-bond donors (Lipinski definition) is 2. The summed E-state index contributed by atoms with van der Waals surface area (Å²) in [6, 6.07) is 13.0. The van der Waals surface area contributed by atoms with E-state index < -0.39 is 11.9 Å². The second-order valence-corrected chi connectivity index (χ2v) is 5.74. The minimum Gasteiger partial charge on any atom is -0.460 e. The van der Waals surface area contributed by atoms with Crippen LogP contribution in [0.2, 0.25) is 0 Å². The van der Waals surface area contributed by atoms with Gasteiger partial charge in [-0.3, -0.25) is 0 Å². The Kier molecular flexibility index (Phi) is 8.77. The highest BCUT2D eigenvalue weighted by atomic mass is 16.6. The van der Waals surface area contributed by atoms with E-state index in [0.29, 0.717) is 35.7 Å². The maximum Gasteiger partial charge on any atom is 0.338 e. The maximum atomic E-state index is 11.7. The molecule has 0 fully saturated rings. The van der Waals surface area contributed by atoms with Crippen molar-refractivity contribution in [2.75, 3.05) is 51.1 Å². The summed E-state index contributed by atoms with van der Waals surface area (Å²) in [5.74, 6) is -0.856. The molecular weight excluding hydrogens is 364 g/mol. The normalized spacial score (nSPS) is 10.4. The van der Waals surface area contributed by atoms with Gasteiger partial charge in [-0.1, -0.05) is 0 Å². The molecule has 0 aliphatic carbocycles. The fourth-order valence-electron chi connectivity index (χ4n) is 2.11. The van der Waals surface area contributed by atoms with Crippen molar-refractivity contribution in [3.05, 3.63) is 59.7 Å². The highest BCUT2D eigenvalue weighted by molar-refractivity contribution is 5.90. The molecule has 0 heterocycles. The van der Waals surface area contributed by atoms with E-state index in [1.165, 1.54) is 0 Å². The zero-order chi connectivity index (χ0) is 20.2. The van der Waals surface area contributed by atoms with Crippen LogP contribution in [-0.2, 0) is 18.9 Å². The Balaban J connectivity index is 1.44. The topological polar surface area (TPSA) is 123 Å². The van der Waals surface area contributed by atoms with E-state index in [1.54, 1.807) is 48.5 Å². The molecular formula is C20H24N2O6. The van der Waals surface area contributed by atoms with Gasteiger partial charge in [0.15, 0.2) is 0 Å². The Morgan fingerprint density at radius 3 is 1.25 bits per heavy atom. The first-order valence-corrected chi connectivity index (χ1v) is 8.77. The lowest BCUT2D eigenvalue weighted by molar-refractivity contribution is 0.00230. The van der Waals surface area contributed by atoms with Gasteiger partial charge >= 0.3 is 11.9 Å². The lowest BCUT2D eigenvalue weighted by Crippen LogP contribution is -2.15. The molecule has 0 amide bonds. The first-order valence-electron chi connectivity index (χ1n) is 8.77. The third-order valence-electron chi connectivity index (χ3n) is 3.59. The Bertz CT molecular complexity index is 681. The zero-order valence-electron chi connectivity index (χ0n) is 15.5. The van der Waals surface area contributed by atoms with Gasteiger partial charge in [0.2, 0.25) is 0 Å². The van der Waals surface area contributed by atoms with Gasteiger partial charge in [0.05, 0.1) is 37.6 Å². The van der Waals surface area contributed by atoms with Gasteiger partial charge in [-0.05, 0) is 48.5 Å². The average Bonchev–Trinajstić information content (AvgIpc) is 2.70. The van der Waals surface area contributed by atoms with Crippen LogP contribution in [0.3, 0.4) is 0 Å². The van der Waals surface area contributed by atoms with Crippen molar-refractivity contribution < 1.29 is 28.5 Å². The molecule has 0 spiro atoms. The molecule has 0 aliphatic heterocycles. The number of anilines is 2. The average molecular weight is 388 g/mol. The molecule has 8 nitrogen and oxygen atoms in total. The molecule has 0 radical (unpaired) electrons. The van der Waals surface area contributed by atoms with Gasteiger partial charge in [-0.2, -0.15) is 0 Å². The summed E-state index contributed by atoms with van der Waals surface area (Å²) in [7, 11) is 0. The predicted octanol–water partition coefficient (Wildman–Crippen LogP) is 1.90. The van der Waals surface area contributed by atoms with Crippen molar-refractivity contribution in [3.8, 4) is 0 Å². The van der Waals surface area contributed by atoms with Crippen LogP contribution in [0.4, 0.5) is 11.4 Å². The van der Waals surface area contributed by atoms with Crippen LogP contribution >= 0.6 is 0 Å². The standard InChI is InChI=1S/C20H24N2O6/c21-17-5-1-15(2-6-17)19(23)27-13-11-25-9-10-26-12-14-28-20(24)16-3-7-18(22)8-4-16/h1-8H,9-14,21-22H2. The lowest BCUT2D eigenvalue weighted by Gasteiger charge is -2.08. The van der Waals surface area contributed by atoms with Gasteiger partial charge < -0.3 is 30.4 Å². The van der Waals surface area contributed by atoms with E-state index in [2.05, 4.69) is 0 Å². The first kappa shape index (κ1) is 21.2. The monoisotopic (exact) mass is 388 g/mol. The van der Waals surface area contributed by atoms with Crippen molar-refractivity contribution in [1.82, 2.24) is 0 Å². The number of carbonyl (C=O) groups is 2. The molecule has 0 aromatic heterocycles. The summed E-state index contributed by atoms with van der Waals surface area (Å²) in [6.07, 6.45) is 0. The SMILES string of the molecule is Nc1ccc(C(=O)OCCOCCOCCOC(=O)c2ccc(N)cc2)cc1.